The molecule has 0 saturated heterocycles. The Morgan fingerprint density at radius 1 is 1.03 bits per heavy atom. The number of halogens is 1. The molecule has 0 spiro atoms. The smallest absolute Gasteiger partial charge is 0.243 e. The Labute approximate surface area is 169 Å². The summed E-state index contributed by atoms with van der Waals surface area (Å²) in [7, 11) is 0. The average molecular weight is 393 g/mol. The second kappa shape index (κ2) is 8.55. The van der Waals surface area contributed by atoms with Crippen LogP contribution >= 0.6 is 0 Å². The number of nitrogens with zero attached hydrogens (tertiary/aromatic N) is 3. The zero-order chi connectivity index (χ0) is 20.2. The van der Waals surface area contributed by atoms with Crippen molar-refractivity contribution >= 4 is 17.5 Å². The van der Waals surface area contributed by atoms with E-state index in [1.165, 1.54) is 11.1 Å². The Morgan fingerprint density at radius 3 is 2.48 bits per heavy atom. The molecule has 150 valence electrons. The van der Waals surface area contributed by atoms with Gasteiger partial charge in [0.15, 0.2) is 0 Å². The van der Waals surface area contributed by atoms with Crippen LogP contribution in [0.15, 0.2) is 59.7 Å². The van der Waals surface area contributed by atoms with Crippen LogP contribution in [0.3, 0.4) is 0 Å². The highest BCUT2D eigenvalue weighted by Gasteiger charge is 2.33. The van der Waals surface area contributed by atoms with Gasteiger partial charge < -0.3 is 4.90 Å². The molecule has 1 heterocycles. The van der Waals surface area contributed by atoms with Gasteiger partial charge in [0.05, 0.1) is 12.3 Å². The standard InChI is InChI=1S/C23H24FN3O2/c24-20-9-5-4-8-18(20)16-26(19-10-11-19)22(28)12-13-23(29)27-15-14-21(25-27)17-6-2-1-3-7-17/h1-9,19H,10-16H2. The lowest BCUT2D eigenvalue weighted by atomic mass is 10.1. The summed E-state index contributed by atoms with van der Waals surface area (Å²) in [6, 6.07) is 16.5. The number of hydrogen-bond donors (Lipinski definition) is 0. The molecule has 0 aromatic heterocycles. The first kappa shape index (κ1) is 19.3. The molecule has 6 heteroatoms. The Hall–Kier alpha value is -3.02. The quantitative estimate of drug-likeness (QED) is 0.720. The van der Waals surface area contributed by atoms with Gasteiger partial charge in [0, 0.05) is 37.4 Å². The van der Waals surface area contributed by atoms with Crippen LogP contribution < -0.4 is 0 Å². The van der Waals surface area contributed by atoms with Gasteiger partial charge in [-0.2, -0.15) is 5.10 Å². The van der Waals surface area contributed by atoms with E-state index < -0.39 is 0 Å². The molecule has 0 unspecified atom stereocenters. The van der Waals surface area contributed by atoms with Crippen molar-refractivity contribution in [1.82, 2.24) is 9.91 Å². The van der Waals surface area contributed by atoms with Crippen molar-refractivity contribution in [3.8, 4) is 0 Å². The van der Waals surface area contributed by atoms with Crippen molar-refractivity contribution in [2.75, 3.05) is 6.54 Å². The van der Waals surface area contributed by atoms with Crippen LogP contribution in [0.1, 0.15) is 43.2 Å². The van der Waals surface area contributed by atoms with Gasteiger partial charge in [-0.05, 0) is 24.5 Å². The predicted octanol–water partition coefficient (Wildman–Crippen LogP) is 3.73. The van der Waals surface area contributed by atoms with Crippen molar-refractivity contribution in [2.24, 2.45) is 5.10 Å². The number of amides is 2. The summed E-state index contributed by atoms with van der Waals surface area (Å²) in [5, 5.41) is 5.90. The third kappa shape index (κ3) is 4.70. The van der Waals surface area contributed by atoms with E-state index in [1.807, 2.05) is 30.3 Å². The normalized spacial score (nSPS) is 15.9. The van der Waals surface area contributed by atoms with Gasteiger partial charge in [-0.3, -0.25) is 9.59 Å². The molecule has 1 fully saturated rings. The summed E-state index contributed by atoms with van der Waals surface area (Å²) in [6.07, 6.45) is 2.82. The minimum atomic E-state index is -0.304. The van der Waals surface area contributed by atoms with E-state index in [0.29, 0.717) is 18.5 Å². The molecule has 0 N–H and O–H groups in total. The summed E-state index contributed by atoms with van der Waals surface area (Å²) in [6.45, 7) is 0.795. The molecule has 2 amide bonds. The van der Waals surface area contributed by atoms with E-state index in [9.17, 15) is 14.0 Å². The maximum absolute atomic E-state index is 14.0. The number of rotatable bonds is 7. The first-order valence-electron chi connectivity index (χ1n) is 10.1. The highest BCUT2D eigenvalue weighted by atomic mass is 19.1. The molecule has 5 nitrogen and oxygen atoms in total. The topological polar surface area (TPSA) is 53.0 Å². The second-order valence-corrected chi connectivity index (χ2v) is 7.52. The maximum Gasteiger partial charge on any atom is 0.243 e. The molecule has 4 rings (SSSR count). The average Bonchev–Trinajstić information content (AvgIpc) is 3.46. The van der Waals surface area contributed by atoms with E-state index in [2.05, 4.69) is 5.10 Å². The fraction of sp³-hybridized carbons (Fsp3) is 0.348. The molecule has 1 aliphatic carbocycles. The molecular weight excluding hydrogens is 369 g/mol. The Bertz CT molecular complexity index is 925. The molecule has 0 bridgehead atoms. The summed E-state index contributed by atoms with van der Waals surface area (Å²) < 4.78 is 14.0. The van der Waals surface area contributed by atoms with Gasteiger partial charge in [-0.15, -0.1) is 0 Å². The molecule has 0 atom stereocenters. The summed E-state index contributed by atoms with van der Waals surface area (Å²) in [5.74, 6) is -0.552. The minimum absolute atomic E-state index is 0.101. The highest BCUT2D eigenvalue weighted by Crippen LogP contribution is 2.29. The van der Waals surface area contributed by atoms with E-state index in [-0.39, 0.29) is 43.1 Å². The lowest BCUT2D eigenvalue weighted by Gasteiger charge is -2.23. The first-order valence-corrected chi connectivity index (χ1v) is 10.1. The summed E-state index contributed by atoms with van der Waals surface area (Å²) >= 11 is 0. The molecular formula is C23H24FN3O2. The van der Waals surface area contributed by atoms with Crippen LogP contribution in [0.4, 0.5) is 4.39 Å². The number of carbonyl (C=O) groups excluding carboxylic acids is 2. The fourth-order valence-electron chi connectivity index (χ4n) is 3.57. The number of benzene rings is 2. The van der Waals surface area contributed by atoms with Crippen molar-refractivity contribution in [1.29, 1.82) is 0 Å². The highest BCUT2D eigenvalue weighted by molar-refractivity contribution is 6.02. The number of hydrogen-bond acceptors (Lipinski definition) is 3. The Balaban J connectivity index is 1.34. The van der Waals surface area contributed by atoms with E-state index in [0.717, 1.165) is 24.1 Å². The molecule has 2 aliphatic rings. The van der Waals surface area contributed by atoms with Crippen molar-refractivity contribution in [3.63, 3.8) is 0 Å². The fourth-order valence-corrected chi connectivity index (χ4v) is 3.57. The molecule has 2 aromatic carbocycles. The Kier molecular flexibility index (Phi) is 5.69. The second-order valence-electron chi connectivity index (χ2n) is 7.52. The van der Waals surface area contributed by atoms with Gasteiger partial charge in [-0.1, -0.05) is 48.5 Å². The van der Waals surface area contributed by atoms with Gasteiger partial charge in [-0.25, -0.2) is 9.40 Å². The summed E-state index contributed by atoms with van der Waals surface area (Å²) in [5.41, 5.74) is 2.42. The van der Waals surface area contributed by atoms with Crippen LogP contribution in [0.25, 0.3) is 0 Å². The zero-order valence-corrected chi connectivity index (χ0v) is 16.3. The monoisotopic (exact) mass is 393 g/mol. The third-order valence-electron chi connectivity index (χ3n) is 5.36. The van der Waals surface area contributed by atoms with Crippen molar-refractivity contribution < 1.29 is 14.0 Å². The van der Waals surface area contributed by atoms with Gasteiger partial charge >= 0.3 is 0 Å². The van der Waals surface area contributed by atoms with Crippen LogP contribution in [0.2, 0.25) is 0 Å². The lowest BCUT2D eigenvalue weighted by molar-refractivity contribution is -0.137. The first-order chi connectivity index (χ1) is 14.1. The van der Waals surface area contributed by atoms with E-state index >= 15 is 0 Å². The predicted molar refractivity (Wildman–Crippen MR) is 109 cm³/mol. The number of carbonyl (C=O) groups is 2. The third-order valence-corrected chi connectivity index (χ3v) is 5.36. The van der Waals surface area contributed by atoms with Crippen LogP contribution in [-0.2, 0) is 16.1 Å². The SMILES string of the molecule is O=C(CCC(=O)N(Cc1ccccc1F)C1CC1)N1CCC(c2ccccc2)=N1. The molecule has 1 aliphatic heterocycles. The molecule has 29 heavy (non-hydrogen) atoms. The lowest BCUT2D eigenvalue weighted by Crippen LogP contribution is -2.34. The van der Waals surface area contributed by atoms with Crippen LogP contribution in [0, 0.1) is 5.82 Å². The van der Waals surface area contributed by atoms with Crippen LogP contribution in [-0.4, -0.2) is 40.0 Å². The number of hydrazone groups is 1. The van der Waals surface area contributed by atoms with Gasteiger partial charge in [0.2, 0.25) is 11.8 Å². The summed E-state index contributed by atoms with van der Waals surface area (Å²) in [4.78, 5) is 27.0. The van der Waals surface area contributed by atoms with Gasteiger partial charge in [0.1, 0.15) is 5.82 Å². The largest absolute Gasteiger partial charge is 0.335 e. The minimum Gasteiger partial charge on any atom is -0.335 e. The van der Waals surface area contributed by atoms with E-state index in [1.54, 1.807) is 23.1 Å². The van der Waals surface area contributed by atoms with Crippen molar-refractivity contribution in [2.45, 2.75) is 44.7 Å². The maximum atomic E-state index is 14.0. The zero-order valence-electron chi connectivity index (χ0n) is 16.3. The Morgan fingerprint density at radius 2 is 1.76 bits per heavy atom. The molecule has 1 saturated carbocycles. The van der Waals surface area contributed by atoms with Crippen molar-refractivity contribution in [3.05, 3.63) is 71.5 Å². The molecule has 0 radical (unpaired) electrons. The van der Waals surface area contributed by atoms with Crippen LogP contribution in [0.5, 0.6) is 0 Å². The van der Waals surface area contributed by atoms with Gasteiger partial charge in [0.25, 0.3) is 0 Å². The van der Waals surface area contributed by atoms with E-state index in [4.69, 9.17) is 0 Å². The molecule has 2 aromatic rings.